The van der Waals surface area contributed by atoms with E-state index in [4.69, 9.17) is 9.05 Å². The number of hydrogen-bond acceptors (Lipinski definition) is 2. The first-order valence-electron chi connectivity index (χ1n) is 6.26. The molecule has 3 nitrogen and oxygen atoms in total. The van der Waals surface area contributed by atoms with Gasteiger partial charge in [-0.2, -0.15) is 0 Å². The van der Waals surface area contributed by atoms with Gasteiger partial charge in [-0.3, -0.25) is 13.7 Å². The second-order valence-electron chi connectivity index (χ2n) is 5.30. The molecular formula is C12H29NO2P+. The topological polar surface area (TPSA) is 22.9 Å². The zero-order chi connectivity index (χ0) is 12.9. The molecule has 0 amide bonds. The van der Waals surface area contributed by atoms with Gasteiger partial charge in [0, 0.05) is 0 Å². The van der Waals surface area contributed by atoms with Crippen LogP contribution >= 0.6 is 8.53 Å². The van der Waals surface area contributed by atoms with E-state index in [9.17, 15) is 0 Å². The maximum atomic E-state index is 5.95. The Morgan fingerprint density at radius 3 is 1.19 bits per heavy atom. The first-order valence-corrected chi connectivity index (χ1v) is 7.43. The lowest BCUT2D eigenvalue weighted by molar-refractivity contribution is -0.829. The Hall–Kier alpha value is 0.310. The third-order valence-corrected chi connectivity index (χ3v) is 4.69. The van der Waals surface area contributed by atoms with Crippen molar-refractivity contribution in [2.45, 2.75) is 79.7 Å². The Bertz CT molecular complexity index is 166. The van der Waals surface area contributed by atoms with E-state index in [1.807, 2.05) is 0 Å². The van der Waals surface area contributed by atoms with E-state index in [0.29, 0.717) is 12.1 Å². The van der Waals surface area contributed by atoms with Crippen LogP contribution in [0.1, 0.15) is 55.4 Å². The number of rotatable bonds is 7. The van der Waals surface area contributed by atoms with Crippen molar-refractivity contribution in [2.24, 2.45) is 0 Å². The molecule has 98 valence electrons. The van der Waals surface area contributed by atoms with E-state index in [1.165, 1.54) is 4.67 Å². The molecule has 16 heavy (non-hydrogen) atoms. The summed E-state index contributed by atoms with van der Waals surface area (Å²) in [5.74, 6) is 0. The van der Waals surface area contributed by atoms with Crippen molar-refractivity contribution in [3.8, 4) is 0 Å². The molecule has 0 saturated carbocycles. The van der Waals surface area contributed by atoms with Crippen LogP contribution in [0.25, 0.3) is 0 Å². The van der Waals surface area contributed by atoms with Gasteiger partial charge in [-0.15, -0.1) is 0 Å². The minimum Gasteiger partial charge on any atom is -0.285 e. The Labute approximate surface area is 102 Å². The fourth-order valence-electron chi connectivity index (χ4n) is 1.62. The van der Waals surface area contributed by atoms with E-state index >= 15 is 0 Å². The fraction of sp³-hybridized carbons (Fsp3) is 1.00. The summed E-state index contributed by atoms with van der Waals surface area (Å²) >= 11 is 0. The van der Waals surface area contributed by atoms with Crippen LogP contribution < -0.4 is 4.67 Å². The average Bonchev–Trinajstić information content (AvgIpc) is 1.98. The van der Waals surface area contributed by atoms with Crippen molar-refractivity contribution in [1.82, 2.24) is 0 Å². The van der Waals surface area contributed by atoms with Crippen LogP contribution in [-0.4, -0.2) is 24.3 Å². The van der Waals surface area contributed by atoms with Crippen molar-refractivity contribution in [2.75, 3.05) is 0 Å². The minimum absolute atomic E-state index is 0.220. The van der Waals surface area contributed by atoms with E-state index in [0.717, 1.165) is 0 Å². The largest absolute Gasteiger partial charge is 0.418 e. The third kappa shape index (κ3) is 6.15. The summed E-state index contributed by atoms with van der Waals surface area (Å²) in [6.07, 6.45) is 0.440. The molecule has 0 rings (SSSR count). The second kappa shape index (κ2) is 7.60. The zero-order valence-electron chi connectivity index (χ0n) is 12.1. The van der Waals surface area contributed by atoms with Gasteiger partial charge in [-0.1, -0.05) is 0 Å². The van der Waals surface area contributed by atoms with Crippen molar-refractivity contribution >= 4 is 8.53 Å². The Morgan fingerprint density at radius 2 is 1.00 bits per heavy atom. The maximum absolute atomic E-state index is 5.95. The first-order chi connectivity index (χ1) is 7.25. The highest BCUT2D eigenvalue weighted by molar-refractivity contribution is 7.39. The molecule has 0 heterocycles. The molecule has 1 N–H and O–H groups in total. The Morgan fingerprint density at radius 1 is 0.688 bits per heavy atom. The van der Waals surface area contributed by atoms with Gasteiger partial charge in [0.05, 0.1) is 24.3 Å². The van der Waals surface area contributed by atoms with Crippen LogP contribution in [0.2, 0.25) is 0 Å². The predicted molar refractivity (Wildman–Crippen MR) is 70.6 cm³/mol. The molecule has 0 aromatic rings. The van der Waals surface area contributed by atoms with Crippen LogP contribution in [0.15, 0.2) is 0 Å². The second-order valence-corrected chi connectivity index (χ2v) is 6.75. The van der Waals surface area contributed by atoms with Gasteiger partial charge in [-0.05, 0) is 55.4 Å². The molecule has 0 spiro atoms. The first kappa shape index (κ1) is 16.3. The number of hydrogen-bond donors (Lipinski definition) is 1. The average molecular weight is 250 g/mol. The third-order valence-electron chi connectivity index (χ3n) is 2.01. The highest BCUT2D eigenvalue weighted by Crippen LogP contribution is 2.33. The van der Waals surface area contributed by atoms with E-state index < -0.39 is 8.53 Å². The zero-order valence-corrected chi connectivity index (χ0v) is 13.0. The standard InChI is InChI=1S/C12H28NO2P/c1-9(2)13(10(3)4)16(14-11(5)6)15-12(7)8/h9-12H,1-8H3/p+1. The lowest BCUT2D eigenvalue weighted by Crippen LogP contribution is -3.12. The lowest BCUT2D eigenvalue weighted by Gasteiger charge is -2.33. The van der Waals surface area contributed by atoms with Crippen LogP contribution in [-0.2, 0) is 9.05 Å². The molecule has 0 aliphatic carbocycles. The van der Waals surface area contributed by atoms with Crippen molar-refractivity contribution in [3.05, 3.63) is 0 Å². The van der Waals surface area contributed by atoms with Gasteiger partial charge in [0.15, 0.2) is 0 Å². The molecule has 0 aromatic heterocycles. The number of quaternary nitrogens is 1. The summed E-state index contributed by atoms with van der Waals surface area (Å²) in [4.78, 5) is 0. The van der Waals surface area contributed by atoms with Gasteiger partial charge in [-0.25, -0.2) is 0 Å². The van der Waals surface area contributed by atoms with Crippen molar-refractivity contribution in [1.29, 1.82) is 0 Å². The van der Waals surface area contributed by atoms with Gasteiger partial charge < -0.3 is 0 Å². The van der Waals surface area contributed by atoms with Gasteiger partial charge in [0.2, 0.25) is 0 Å². The Kier molecular flexibility index (Phi) is 7.75. The molecule has 0 aliphatic rings. The smallest absolute Gasteiger partial charge is 0.285 e. The SMILES string of the molecule is CC(C)OP(OC(C)C)[NH+](C(C)C)C(C)C. The van der Waals surface area contributed by atoms with Gasteiger partial charge in [0.25, 0.3) is 0 Å². The molecule has 0 bridgehead atoms. The summed E-state index contributed by atoms with van der Waals surface area (Å²) in [6, 6.07) is 1.03. The Balaban J connectivity index is 4.67. The van der Waals surface area contributed by atoms with Gasteiger partial charge in [0.1, 0.15) is 0 Å². The molecule has 0 atom stereocenters. The normalized spacial score (nSPS) is 13.1. The van der Waals surface area contributed by atoms with Crippen molar-refractivity contribution < 1.29 is 13.7 Å². The van der Waals surface area contributed by atoms with E-state index in [-0.39, 0.29) is 12.2 Å². The quantitative estimate of drug-likeness (QED) is 0.702. The highest BCUT2D eigenvalue weighted by Gasteiger charge is 2.34. The fourth-order valence-corrected chi connectivity index (χ4v) is 3.52. The molecule has 0 aliphatic heterocycles. The summed E-state index contributed by atoms with van der Waals surface area (Å²) in [6.45, 7) is 17.1. The lowest BCUT2D eigenvalue weighted by atomic mass is 10.3. The summed E-state index contributed by atoms with van der Waals surface area (Å²) in [5.41, 5.74) is 0. The van der Waals surface area contributed by atoms with E-state index in [2.05, 4.69) is 55.4 Å². The molecular weight excluding hydrogens is 221 g/mol. The highest BCUT2D eigenvalue weighted by atomic mass is 31.2. The molecule has 0 fully saturated rings. The summed E-state index contributed by atoms with van der Waals surface area (Å²) < 4.78 is 13.3. The monoisotopic (exact) mass is 250 g/mol. The molecule has 0 radical (unpaired) electrons. The van der Waals surface area contributed by atoms with E-state index in [1.54, 1.807) is 0 Å². The minimum atomic E-state index is -0.865. The predicted octanol–water partition coefficient (Wildman–Crippen LogP) is 2.77. The van der Waals surface area contributed by atoms with Crippen molar-refractivity contribution in [3.63, 3.8) is 0 Å². The molecule has 4 heteroatoms. The maximum Gasteiger partial charge on any atom is 0.418 e. The van der Waals surface area contributed by atoms with Crippen LogP contribution in [0.5, 0.6) is 0 Å². The summed E-state index contributed by atoms with van der Waals surface area (Å²) in [7, 11) is -0.865. The molecule has 0 unspecified atom stereocenters. The van der Waals surface area contributed by atoms with Crippen LogP contribution in [0, 0.1) is 0 Å². The molecule has 0 saturated heterocycles. The summed E-state index contributed by atoms with van der Waals surface area (Å²) in [5, 5.41) is 0. The van der Waals surface area contributed by atoms with Crippen LogP contribution in [0.4, 0.5) is 0 Å². The van der Waals surface area contributed by atoms with Crippen LogP contribution in [0.3, 0.4) is 0 Å². The molecule has 0 aromatic carbocycles. The van der Waals surface area contributed by atoms with Gasteiger partial charge >= 0.3 is 8.53 Å². The number of nitrogens with one attached hydrogen (secondary N) is 1.